The first-order valence-corrected chi connectivity index (χ1v) is 4.82. The number of fused-ring (bicyclic) bond motifs is 2. The van der Waals surface area contributed by atoms with Crippen LogP contribution in [0.25, 0.3) is 0 Å². The molecule has 0 saturated heterocycles. The third kappa shape index (κ3) is 1.36. The van der Waals surface area contributed by atoms with E-state index in [1.54, 1.807) is 0 Å². The molecule has 18 heavy (non-hydrogen) atoms. The molecule has 92 valence electrons. The summed E-state index contributed by atoms with van der Waals surface area (Å²) in [6.07, 6.45) is 0. The maximum absolute atomic E-state index is 11.5. The molecule has 0 atom stereocenters. The summed E-state index contributed by atoms with van der Waals surface area (Å²) in [5.41, 5.74) is -2.76. The minimum Gasteiger partial charge on any atom is -0.332 e. The number of rotatable bonds is 0. The highest BCUT2D eigenvalue weighted by atomic mass is 16.2. The Labute approximate surface area is 96.1 Å². The van der Waals surface area contributed by atoms with Crippen molar-refractivity contribution in [2.24, 2.45) is 0 Å². The van der Waals surface area contributed by atoms with E-state index in [-0.39, 0.29) is 23.0 Å². The van der Waals surface area contributed by atoms with Crippen LogP contribution >= 0.6 is 0 Å². The van der Waals surface area contributed by atoms with Crippen molar-refractivity contribution in [3.05, 3.63) is 41.7 Å². The Morgan fingerprint density at radius 1 is 0.556 bits per heavy atom. The Morgan fingerprint density at radius 2 is 0.944 bits per heavy atom. The van der Waals surface area contributed by atoms with Crippen LogP contribution in [0.5, 0.6) is 0 Å². The normalized spacial score (nSPS) is 12.0. The molecule has 0 radical (unpaired) electrons. The summed E-state index contributed by atoms with van der Waals surface area (Å²) in [5.74, 6) is 0.0996. The van der Waals surface area contributed by atoms with Gasteiger partial charge < -0.3 is 10.6 Å². The third-order valence-corrected chi connectivity index (χ3v) is 2.39. The zero-order chi connectivity index (χ0) is 12.9. The highest BCUT2D eigenvalue weighted by Crippen LogP contribution is 2.28. The SMILES string of the molecule is O=c1[nH]c2c(c(=O)[nH]1)Nc1[nH]c(=O)[nH]c(=O)c1N2. The number of nitrogens with one attached hydrogen (secondary N) is 6. The van der Waals surface area contributed by atoms with E-state index >= 15 is 0 Å². The fraction of sp³-hybridized carbons (Fsp3) is 0. The average Bonchev–Trinajstić information content (AvgIpc) is 2.27. The lowest BCUT2D eigenvalue weighted by Gasteiger charge is -2.19. The fourth-order valence-electron chi connectivity index (χ4n) is 1.65. The van der Waals surface area contributed by atoms with Gasteiger partial charge in [-0.15, -0.1) is 0 Å². The molecular weight excluding hydrogens is 244 g/mol. The lowest BCUT2D eigenvalue weighted by atomic mass is 10.3. The van der Waals surface area contributed by atoms with Crippen molar-refractivity contribution in [3.63, 3.8) is 0 Å². The van der Waals surface area contributed by atoms with Crippen molar-refractivity contribution in [1.82, 2.24) is 19.9 Å². The molecule has 0 saturated carbocycles. The van der Waals surface area contributed by atoms with Crippen molar-refractivity contribution < 1.29 is 0 Å². The summed E-state index contributed by atoms with van der Waals surface area (Å²) in [6.45, 7) is 0. The Kier molecular flexibility index (Phi) is 1.82. The number of hydrogen-bond acceptors (Lipinski definition) is 6. The number of H-pyrrole nitrogens is 4. The van der Waals surface area contributed by atoms with Gasteiger partial charge in [-0.2, -0.15) is 0 Å². The van der Waals surface area contributed by atoms with Gasteiger partial charge in [0.15, 0.2) is 0 Å². The first-order valence-electron chi connectivity index (χ1n) is 4.82. The average molecular weight is 250 g/mol. The molecule has 0 aromatic carbocycles. The molecule has 0 bridgehead atoms. The first-order chi connectivity index (χ1) is 8.54. The van der Waals surface area contributed by atoms with Gasteiger partial charge in [-0.3, -0.25) is 29.5 Å². The highest BCUT2D eigenvalue weighted by molar-refractivity contribution is 5.84. The number of aromatic nitrogens is 4. The Morgan fingerprint density at radius 3 is 1.33 bits per heavy atom. The molecule has 0 fully saturated rings. The number of aromatic amines is 4. The zero-order valence-corrected chi connectivity index (χ0v) is 8.63. The van der Waals surface area contributed by atoms with E-state index in [1.807, 2.05) is 9.97 Å². The van der Waals surface area contributed by atoms with E-state index in [2.05, 4.69) is 20.6 Å². The molecule has 2 aromatic rings. The number of anilines is 4. The van der Waals surface area contributed by atoms with E-state index in [9.17, 15) is 19.2 Å². The summed E-state index contributed by atoms with van der Waals surface area (Å²) in [4.78, 5) is 53.9. The van der Waals surface area contributed by atoms with Gasteiger partial charge in [0.1, 0.15) is 23.0 Å². The van der Waals surface area contributed by atoms with Gasteiger partial charge >= 0.3 is 11.4 Å². The van der Waals surface area contributed by atoms with E-state index in [0.29, 0.717) is 0 Å². The predicted octanol–water partition coefficient (Wildman–Crippen LogP) is -1.76. The molecule has 0 unspecified atom stereocenters. The highest BCUT2D eigenvalue weighted by Gasteiger charge is 2.21. The van der Waals surface area contributed by atoms with Crippen molar-refractivity contribution in [3.8, 4) is 0 Å². The molecule has 1 aliphatic heterocycles. The summed E-state index contributed by atoms with van der Waals surface area (Å²) >= 11 is 0. The van der Waals surface area contributed by atoms with Crippen molar-refractivity contribution in [2.45, 2.75) is 0 Å². The van der Waals surface area contributed by atoms with Gasteiger partial charge in [-0.05, 0) is 0 Å². The van der Waals surface area contributed by atoms with E-state index in [0.717, 1.165) is 0 Å². The molecular formula is C8H6N6O4. The monoisotopic (exact) mass is 250 g/mol. The molecule has 0 amide bonds. The smallest absolute Gasteiger partial charge is 0.327 e. The summed E-state index contributed by atoms with van der Waals surface area (Å²) in [7, 11) is 0. The first kappa shape index (κ1) is 10.1. The van der Waals surface area contributed by atoms with Crippen molar-refractivity contribution >= 4 is 23.0 Å². The van der Waals surface area contributed by atoms with Crippen LogP contribution in [0.15, 0.2) is 19.2 Å². The molecule has 0 spiro atoms. The van der Waals surface area contributed by atoms with E-state index < -0.39 is 22.5 Å². The van der Waals surface area contributed by atoms with Crippen LogP contribution in [0.2, 0.25) is 0 Å². The van der Waals surface area contributed by atoms with Gasteiger partial charge in [-0.25, -0.2) is 9.59 Å². The second-order valence-corrected chi connectivity index (χ2v) is 3.57. The van der Waals surface area contributed by atoms with Crippen molar-refractivity contribution in [2.75, 3.05) is 10.6 Å². The van der Waals surface area contributed by atoms with Gasteiger partial charge in [-0.1, -0.05) is 0 Å². The summed E-state index contributed by atoms with van der Waals surface area (Å²) in [5, 5.41) is 5.13. The second-order valence-electron chi connectivity index (χ2n) is 3.57. The lowest BCUT2D eigenvalue weighted by Crippen LogP contribution is -2.33. The molecule has 2 aromatic heterocycles. The van der Waals surface area contributed by atoms with E-state index in [4.69, 9.17) is 0 Å². The summed E-state index contributed by atoms with van der Waals surface area (Å²) in [6, 6.07) is 0. The molecule has 3 rings (SSSR count). The van der Waals surface area contributed by atoms with Gasteiger partial charge in [0.05, 0.1) is 0 Å². The summed E-state index contributed by atoms with van der Waals surface area (Å²) < 4.78 is 0. The van der Waals surface area contributed by atoms with Crippen LogP contribution < -0.4 is 33.1 Å². The molecule has 10 heteroatoms. The third-order valence-electron chi connectivity index (χ3n) is 2.39. The van der Waals surface area contributed by atoms with Crippen LogP contribution in [0, 0.1) is 0 Å². The van der Waals surface area contributed by atoms with Crippen LogP contribution in [-0.4, -0.2) is 19.9 Å². The molecule has 6 N–H and O–H groups in total. The zero-order valence-electron chi connectivity index (χ0n) is 8.63. The largest absolute Gasteiger partial charge is 0.332 e. The van der Waals surface area contributed by atoms with Gasteiger partial charge in [0.2, 0.25) is 0 Å². The minimum atomic E-state index is -0.711. The maximum atomic E-state index is 11.5. The molecule has 10 nitrogen and oxygen atoms in total. The standard InChI is InChI=1S/C8H6N6O4/c15-5-1-3(11-7(17)13-5)10-2-4(9-1)12-8(18)14-6(2)16/h(H3,9,12,14,16,18)(H3,10,11,13,15,17). The van der Waals surface area contributed by atoms with E-state index in [1.165, 1.54) is 0 Å². The lowest BCUT2D eigenvalue weighted by molar-refractivity contribution is 1.00. The molecule has 3 heterocycles. The van der Waals surface area contributed by atoms with Crippen LogP contribution in [0.3, 0.4) is 0 Å². The Balaban J connectivity index is 2.30. The molecule has 0 aliphatic carbocycles. The quantitative estimate of drug-likeness (QED) is 0.277. The Bertz CT molecular complexity index is 795. The van der Waals surface area contributed by atoms with Crippen LogP contribution in [0.1, 0.15) is 0 Å². The topological polar surface area (TPSA) is 155 Å². The Hall–Kier alpha value is -3.04. The minimum absolute atomic E-state index is 0.00310. The number of hydrogen-bond donors (Lipinski definition) is 6. The second kappa shape index (κ2) is 3.23. The fourth-order valence-corrected chi connectivity index (χ4v) is 1.65. The van der Waals surface area contributed by atoms with Crippen LogP contribution in [-0.2, 0) is 0 Å². The molecule has 1 aliphatic rings. The van der Waals surface area contributed by atoms with Crippen molar-refractivity contribution in [1.29, 1.82) is 0 Å². The predicted molar refractivity (Wildman–Crippen MR) is 61.9 cm³/mol. The maximum Gasteiger partial charge on any atom is 0.327 e. The van der Waals surface area contributed by atoms with Gasteiger partial charge in [0.25, 0.3) is 11.1 Å². The van der Waals surface area contributed by atoms with Crippen LogP contribution in [0.4, 0.5) is 23.0 Å². The van der Waals surface area contributed by atoms with Gasteiger partial charge in [0, 0.05) is 0 Å².